The van der Waals surface area contributed by atoms with Gasteiger partial charge in [-0.05, 0) is 24.3 Å². The molecular weight excluding hydrogens is 292 g/mol. The van der Waals surface area contributed by atoms with Crippen LogP contribution in [-0.4, -0.2) is 15.1 Å². The largest absolute Gasteiger partial charge is 0.484 e. The Morgan fingerprint density at radius 3 is 2.90 bits per heavy atom. The van der Waals surface area contributed by atoms with Crippen LogP contribution in [-0.2, 0) is 6.61 Å². The van der Waals surface area contributed by atoms with Crippen molar-refractivity contribution in [2.24, 2.45) is 0 Å². The number of benzene rings is 1. The molecule has 0 amide bonds. The number of rotatable bonds is 4. The summed E-state index contributed by atoms with van der Waals surface area (Å²) in [5, 5.41) is 4.40. The molecule has 2 aromatic heterocycles. The van der Waals surface area contributed by atoms with Crippen molar-refractivity contribution in [3.8, 4) is 17.3 Å². The van der Waals surface area contributed by atoms with Gasteiger partial charge in [-0.3, -0.25) is 4.98 Å². The highest BCUT2D eigenvalue weighted by Gasteiger charge is 2.10. The lowest BCUT2D eigenvalue weighted by Crippen LogP contribution is -1.96. The minimum absolute atomic E-state index is 0.157. The van der Waals surface area contributed by atoms with Crippen LogP contribution in [0.1, 0.15) is 5.89 Å². The van der Waals surface area contributed by atoms with Crippen molar-refractivity contribution in [1.82, 2.24) is 15.1 Å². The van der Waals surface area contributed by atoms with Crippen molar-refractivity contribution < 1.29 is 9.26 Å². The third kappa shape index (κ3) is 3.29. The second-order valence-electron chi connectivity index (χ2n) is 4.23. The number of hydrogen-bond donors (Lipinski definition) is 1. The first-order valence-corrected chi connectivity index (χ1v) is 6.51. The highest BCUT2D eigenvalue weighted by molar-refractivity contribution is 6.30. The van der Waals surface area contributed by atoms with Crippen LogP contribution >= 0.6 is 11.6 Å². The summed E-state index contributed by atoms with van der Waals surface area (Å²) in [6.07, 6.45) is 1.52. The molecule has 0 saturated heterocycles. The van der Waals surface area contributed by atoms with E-state index in [1.165, 1.54) is 6.20 Å². The van der Waals surface area contributed by atoms with Gasteiger partial charge in [0.2, 0.25) is 5.82 Å². The van der Waals surface area contributed by atoms with Crippen LogP contribution in [0.15, 0.2) is 47.1 Å². The van der Waals surface area contributed by atoms with Crippen molar-refractivity contribution in [1.29, 1.82) is 0 Å². The van der Waals surface area contributed by atoms with E-state index in [0.717, 1.165) is 0 Å². The van der Waals surface area contributed by atoms with E-state index >= 15 is 0 Å². The van der Waals surface area contributed by atoms with Crippen LogP contribution in [0.3, 0.4) is 0 Å². The highest BCUT2D eigenvalue weighted by Crippen LogP contribution is 2.18. The average molecular weight is 303 g/mol. The number of nitrogens with zero attached hydrogens (tertiary/aromatic N) is 3. The molecule has 2 heterocycles. The van der Waals surface area contributed by atoms with Gasteiger partial charge in [-0.2, -0.15) is 4.98 Å². The van der Waals surface area contributed by atoms with Gasteiger partial charge in [0.25, 0.3) is 5.89 Å². The van der Waals surface area contributed by atoms with Gasteiger partial charge in [0, 0.05) is 18.0 Å². The SMILES string of the molecule is Nc1cccc(OCc2nc(-c3ccc(Cl)cn3)no2)c1. The molecule has 0 radical (unpaired) electrons. The van der Waals surface area contributed by atoms with Crippen LogP contribution in [0, 0.1) is 0 Å². The fourth-order valence-corrected chi connectivity index (χ4v) is 1.79. The minimum Gasteiger partial charge on any atom is -0.484 e. The number of anilines is 1. The Bertz CT molecular complexity index is 743. The van der Waals surface area contributed by atoms with Gasteiger partial charge >= 0.3 is 0 Å². The van der Waals surface area contributed by atoms with E-state index in [9.17, 15) is 0 Å². The van der Waals surface area contributed by atoms with Gasteiger partial charge in [0.05, 0.1) is 5.02 Å². The Kier molecular flexibility index (Phi) is 3.70. The third-order valence-electron chi connectivity index (χ3n) is 2.64. The van der Waals surface area contributed by atoms with Crippen LogP contribution in [0.5, 0.6) is 5.75 Å². The van der Waals surface area contributed by atoms with E-state index in [2.05, 4.69) is 15.1 Å². The van der Waals surface area contributed by atoms with Gasteiger partial charge in [-0.1, -0.05) is 22.8 Å². The maximum Gasteiger partial charge on any atom is 0.264 e. The van der Waals surface area contributed by atoms with Crippen LogP contribution < -0.4 is 10.5 Å². The van der Waals surface area contributed by atoms with Crippen molar-refractivity contribution >= 4 is 17.3 Å². The second kappa shape index (κ2) is 5.80. The maximum absolute atomic E-state index is 5.78. The molecule has 21 heavy (non-hydrogen) atoms. The molecule has 2 N–H and O–H groups in total. The van der Waals surface area contributed by atoms with Crippen molar-refractivity contribution in [2.75, 3.05) is 5.73 Å². The van der Waals surface area contributed by atoms with Crippen molar-refractivity contribution in [2.45, 2.75) is 6.61 Å². The first kappa shape index (κ1) is 13.4. The van der Waals surface area contributed by atoms with Crippen LogP contribution in [0.4, 0.5) is 5.69 Å². The summed E-state index contributed by atoms with van der Waals surface area (Å²) in [4.78, 5) is 8.33. The van der Waals surface area contributed by atoms with Gasteiger partial charge in [0.15, 0.2) is 6.61 Å². The molecule has 106 valence electrons. The topological polar surface area (TPSA) is 87.1 Å². The molecule has 0 atom stereocenters. The molecular formula is C14H11ClN4O2. The third-order valence-corrected chi connectivity index (χ3v) is 2.87. The highest BCUT2D eigenvalue weighted by atomic mass is 35.5. The molecule has 0 spiro atoms. The van der Waals surface area contributed by atoms with E-state index in [4.69, 9.17) is 26.6 Å². The van der Waals surface area contributed by atoms with Gasteiger partial charge in [-0.15, -0.1) is 0 Å². The maximum atomic E-state index is 5.78. The average Bonchev–Trinajstić information content (AvgIpc) is 2.95. The monoisotopic (exact) mass is 302 g/mol. The van der Waals surface area contributed by atoms with E-state index in [0.29, 0.717) is 33.9 Å². The minimum atomic E-state index is 0.157. The predicted octanol–water partition coefficient (Wildman–Crippen LogP) is 2.95. The molecule has 7 heteroatoms. The summed E-state index contributed by atoms with van der Waals surface area (Å²) in [7, 11) is 0. The number of ether oxygens (including phenoxy) is 1. The molecule has 3 aromatic rings. The smallest absolute Gasteiger partial charge is 0.264 e. The van der Waals surface area contributed by atoms with Crippen molar-refractivity contribution in [3.63, 3.8) is 0 Å². The standard InChI is InChI=1S/C14H11ClN4O2/c15-9-4-5-12(17-7-9)14-18-13(21-19-14)8-20-11-3-1-2-10(16)6-11/h1-7H,8,16H2. The molecule has 6 nitrogen and oxygen atoms in total. The van der Waals surface area contributed by atoms with E-state index < -0.39 is 0 Å². The Balaban J connectivity index is 1.69. The second-order valence-corrected chi connectivity index (χ2v) is 4.67. The summed E-state index contributed by atoms with van der Waals surface area (Å²) in [5.74, 6) is 1.38. The zero-order valence-electron chi connectivity index (χ0n) is 10.9. The molecule has 0 aliphatic carbocycles. The van der Waals surface area contributed by atoms with E-state index in [1.807, 2.05) is 6.07 Å². The van der Waals surface area contributed by atoms with E-state index in [-0.39, 0.29) is 6.61 Å². The molecule has 3 rings (SSSR count). The Morgan fingerprint density at radius 2 is 2.14 bits per heavy atom. The Hall–Kier alpha value is -2.60. The molecule has 1 aromatic carbocycles. The number of halogens is 1. The first-order chi connectivity index (χ1) is 10.2. The van der Waals surface area contributed by atoms with Crippen LogP contribution in [0.25, 0.3) is 11.5 Å². The summed E-state index contributed by atoms with van der Waals surface area (Å²) >= 11 is 5.78. The summed E-state index contributed by atoms with van der Waals surface area (Å²) in [6.45, 7) is 0.157. The zero-order chi connectivity index (χ0) is 14.7. The van der Waals surface area contributed by atoms with Gasteiger partial charge in [0.1, 0.15) is 11.4 Å². The number of nitrogens with two attached hydrogens (primary N) is 1. The van der Waals surface area contributed by atoms with Crippen LogP contribution in [0.2, 0.25) is 5.02 Å². The first-order valence-electron chi connectivity index (χ1n) is 6.13. The molecule has 0 aliphatic rings. The number of aromatic nitrogens is 3. The lowest BCUT2D eigenvalue weighted by molar-refractivity contribution is 0.243. The number of pyridine rings is 1. The number of nitrogen functional groups attached to an aromatic ring is 1. The lowest BCUT2D eigenvalue weighted by atomic mass is 10.3. The summed E-state index contributed by atoms with van der Waals surface area (Å²) in [5.41, 5.74) is 6.88. The molecule has 0 aliphatic heterocycles. The molecule has 0 unspecified atom stereocenters. The predicted molar refractivity (Wildman–Crippen MR) is 77.7 cm³/mol. The van der Waals surface area contributed by atoms with Crippen molar-refractivity contribution in [3.05, 3.63) is 53.5 Å². The fraction of sp³-hybridized carbons (Fsp3) is 0.0714. The Morgan fingerprint density at radius 1 is 1.24 bits per heavy atom. The molecule has 0 bridgehead atoms. The normalized spacial score (nSPS) is 10.5. The number of hydrogen-bond acceptors (Lipinski definition) is 6. The lowest BCUT2D eigenvalue weighted by Gasteiger charge is -2.03. The Labute approximate surface area is 125 Å². The summed E-state index contributed by atoms with van der Waals surface area (Å²) < 4.78 is 10.6. The molecule has 0 fully saturated rings. The van der Waals surface area contributed by atoms with Gasteiger partial charge in [-0.25, -0.2) is 0 Å². The fourth-order valence-electron chi connectivity index (χ4n) is 1.68. The molecule has 0 saturated carbocycles. The quantitative estimate of drug-likeness (QED) is 0.746. The van der Waals surface area contributed by atoms with Gasteiger partial charge < -0.3 is 15.0 Å². The summed E-state index contributed by atoms with van der Waals surface area (Å²) in [6, 6.07) is 10.5. The zero-order valence-corrected chi connectivity index (χ0v) is 11.6. The van der Waals surface area contributed by atoms with E-state index in [1.54, 1.807) is 30.3 Å².